The molecule has 0 radical (unpaired) electrons. The fourth-order valence-corrected chi connectivity index (χ4v) is 2.10. The van der Waals surface area contributed by atoms with Gasteiger partial charge in [-0.3, -0.25) is 0 Å². The number of esters is 1. The Morgan fingerprint density at radius 1 is 1.12 bits per heavy atom. The van der Waals surface area contributed by atoms with Crippen molar-refractivity contribution in [3.05, 3.63) is 69.8 Å². The van der Waals surface area contributed by atoms with Gasteiger partial charge in [0.15, 0.2) is 11.5 Å². The van der Waals surface area contributed by atoms with Crippen molar-refractivity contribution in [2.24, 2.45) is 0 Å². The Labute approximate surface area is 149 Å². The average Bonchev–Trinajstić information content (AvgIpc) is 2.64. The van der Waals surface area contributed by atoms with Crippen LogP contribution >= 0.6 is 0 Å². The Bertz CT molecular complexity index is 817. The molecule has 2 rings (SSSR count). The van der Waals surface area contributed by atoms with E-state index in [2.05, 4.69) is 4.84 Å². The molecule has 8 nitrogen and oxygen atoms in total. The summed E-state index contributed by atoms with van der Waals surface area (Å²) in [7, 11) is 3.06. The van der Waals surface area contributed by atoms with E-state index >= 15 is 0 Å². The standard InChI is InChI=1S/C18H17NO7/c1-23-16-8-6-13(11-17(16)24-2)7-9-18(20)26-15-5-3-4-14(10-15)12-25-19(21)22/h3-11H,12H2,1-2H3. The molecule has 0 N–H and O–H groups in total. The Hall–Kier alpha value is -3.55. The molecule has 0 heterocycles. The van der Waals surface area contributed by atoms with Crippen molar-refractivity contribution >= 4 is 12.0 Å². The summed E-state index contributed by atoms with van der Waals surface area (Å²) in [6, 6.07) is 11.5. The van der Waals surface area contributed by atoms with Gasteiger partial charge in [0.1, 0.15) is 12.4 Å². The van der Waals surface area contributed by atoms with Gasteiger partial charge in [-0.2, -0.15) is 0 Å². The predicted molar refractivity (Wildman–Crippen MR) is 92.4 cm³/mol. The van der Waals surface area contributed by atoms with Crippen molar-refractivity contribution in [2.75, 3.05) is 14.2 Å². The zero-order valence-electron chi connectivity index (χ0n) is 14.2. The van der Waals surface area contributed by atoms with Crippen LogP contribution in [0.4, 0.5) is 0 Å². The van der Waals surface area contributed by atoms with Gasteiger partial charge >= 0.3 is 5.97 Å². The van der Waals surface area contributed by atoms with Gasteiger partial charge in [0, 0.05) is 6.08 Å². The zero-order valence-corrected chi connectivity index (χ0v) is 14.2. The second-order valence-electron chi connectivity index (χ2n) is 5.01. The highest BCUT2D eigenvalue weighted by molar-refractivity contribution is 5.88. The van der Waals surface area contributed by atoms with E-state index < -0.39 is 11.1 Å². The van der Waals surface area contributed by atoms with Gasteiger partial charge in [0.05, 0.1) is 14.2 Å². The van der Waals surface area contributed by atoms with E-state index in [0.717, 1.165) is 5.56 Å². The van der Waals surface area contributed by atoms with E-state index in [1.165, 1.54) is 26.4 Å². The highest BCUT2D eigenvalue weighted by Crippen LogP contribution is 2.28. The molecule has 0 aliphatic rings. The van der Waals surface area contributed by atoms with E-state index in [1.54, 1.807) is 42.5 Å². The second kappa shape index (κ2) is 9.07. The summed E-state index contributed by atoms with van der Waals surface area (Å²) in [4.78, 5) is 26.4. The summed E-state index contributed by atoms with van der Waals surface area (Å²) in [6.07, 6.45) is 2.84. The molecule has 0 aliphatic carbocycles. The number of carbonyl (C=O) groups excluding carboxylic acids is 1. The highest BCUT2D eigenvalue weighted by atomic mass is 16.9. The molecule has 0 saturated heterocycles. The maximum absolute atomic E-state index is 11.9. The molecule has 2 aromatic rings. The molecule has 26 heavy (non-hydrogen) atoms. The van der Waals surface area contributed by atoms with Gasteiger partial charge in [-0.1, -0.05) is 18.2 Å². The van der Waals surface area contributed by atoms with E-state index in [1.807, 2.05) is 0 Å². The normalized spacial score (nSPS) is 10.4. The third kappa shape index (κ3) is 5.52. The number of hydrogen-bond donors (Lipinski definition) is 0. The Balaban J connectivity index is 2.01. The van der Waals surface area contributed by atoms with Crippen molar-refractivity contribution < 1.29 is 28.9 Å². The zero-order chi connectivity index (χ0) is 18.9. The summed E-state index contributed by atoms with van der Waals surface area (Å²) >= 11 is 0. The first-order valence-corrected chi connectivity index (χ1v) is 7.50. The van der Waals surface area contributed by atoms with E-state index in [9.17, 15) is 14.9 Å². The molecule has 0 aromatic heterocycles. The first kappa shape index (κ1) is 18.8. The van der Waals surface area contributed by atoms with Gasteiger partial charge < -0.3 is 19.0 Å². The van der Waals surface area contributed by atoms with Crippen LogP contribution < -0.4 is 14.2 Å². The Morgan fingerprint density at radius 3 is 2.58 bits per heavy atom. The van der Waals surface area contributed by atoms with Crippen LogP contribution in [0.15, 0.2) is 48.5 Å². The number of methoxy groups -OCH3 is 2. The molecule has 0 unspecified atom stereocenters. The summed E-state index contributed by atoms with van der Waals surface area (Å²) in [5, 5.41) is 9.33. The number of nitrogens with zero attached hydrogens (tertiary/aromatic N) is 1. The molecule has 0 amide bonds. The molecule has 2 aromatic carbocycles. The minimum absolute atomic E-state index is 0.222. The van der Waals surface area contributed by atoms with E-state index in [-0.39, 0.29) is 12.4 Å². The first-order valence-electron chi connectivity index (χ1n) is 7.50. The number of benzene rings is 2. The van der Waals surface area contributed by atoms with Gasteiger partial charge in [-0.25, -0.2) is 4.79 Å². The fourth-order valence-electron chi connectivity index (χ4n) is 2.10. The van der Waals surface area contributed by atoms with Crippen LogP contribution in [-0.2, 0) is 16.2 Å². The third-order valence-electron chi connectivity index (χ3n) is 3.27. The van der Waals surface area contributed by atoms with Crippen LogP contribution in [0.2, 0.25) is 0 Å². The van der Waals surface area contributed by atoms with Crippen molar-refractivity contribution in [3.8, 4) is 17.2 Å². The number of rotatable bonds is 8. The predicted octanol–water partition coefficient (Wildman–Crippen LogP) is 3.03. The van der Waals surface area contributed by atoms with Crippen molar-refractivity contribution in [1.29, 1.82) is 0 Å². The summed E-state index contributed by atoms with van der Waals surface area (Å²) in [6.45, 7) is -0.222. The smallest absolute Gasteiger partial charge is 0.336 e. The van der Waals surface area contributed by atoms with Gasteiger partial charge in [-0.15, -0.1) is 10.1 Å². The molecule has 0 spiro atoms. The molecule has 0 bridgehead atoms. The molecular weight excluding hydrogens is 342 g/mol. The van der Waals surface area contributed by atoms with Gasteiger partial charge in [0.2, 0.25) is 0 Å². The molecule has 136 valence electrons. The largest absolute Gasteiger partial charge is 0.493 e. The van der Waals surface area contributed by atoms with Crippen LogP contribution in [0.5, 0.6) is 17.2 Å². The van der Waals surface area contributed by atoms with Crippen LogP contribution in [0, 0.1) is 10.1 Å². The lowest BCUT2D eigenvalue weighted by molar-refractivity contribution is -0.763. The topological polar surface area (TPSA) is 97.1 Å². The molecule has 8 heteroatoms. The SMILES string of the molecule is COc1ccc(C=CC(=O)Oc2cccc(CO[N+](=O)[O-])c2)cc1OC. The maximum Gasteiger partial charge on any atom is 0.336 e. The minimum atomic E-state index is -0.884. The van der Waals surface area contributed by atoms with Crippen LogP contribution in [0.3, 0.4) is 0 Å². The maximum atomic E-state index is 11.9. The quantitative estimate of drug-likeness (QED) is 0.235. The lowest BCUT2D eigenvalue weighted by Gasteiger charge is -2.07. The lowest BCUT2D eigenvalue weighted by atomic mass is 10.2. The molecule has 0 fully saturated rings. The third-order valence-corrected chi connectivity index (χ3v) is 3.27. The van der Waals surface area contributed by atoms with Crippen LogP contribution in [0.1, 0.15) is 11.1 Å². The number of ether oxygens (including phenoxy) is 3. The number of hydrogen-bond acceptors (Lipinski definition) is 7. The lowest BCUT2D eigenvalue weighted by Crippen LogP contribution is -2.05. The second-order valence-corrected chi connectivity index (χ2v) is 5.01. The molecule has 0 aliphatic heterocycles. The van der Waals surface area contributed by atoms with Crippen molar-refractivity contribution in [3.63, 3.8) is 0 Å². The minimum Gasteiger partial charge on any atom is -0.493 e. The molecule has 0 atom stereocenters. The Morgan fingerprint density at radius 2 is 1.88 bits per heavy atom. The van der Waals surface area contributed by atoms with Gasteiger partial charge in [-0.05, 0) is 41.5 Å². The molecule has 0 saturated carbocycles. The van der Waals surface area contributed by atoms with Gasteiger partial charge in [0.25, 0.3) is 5.09 Å². The van der Waals surface area contributed by atoms with Crippen LogP contribution in [0.25, 0.3) is 6.08 Å². The first-order chi connectivity index (χ1) is 12.5. The summed E-state index contributed by atoms with van der Waals surface area (Å²) in [5.74, 6) is 0.797. The fraction of sp³-hybridized carbons (Fsp3) is 0.167. The average molecular weight is 359 g/mol. The molecular formula is C18H17NO7. The highest BCUT2D eigenvalue weighted by Gasteiger charge is 2.05. The van der Waals surface area contributed by atoms with E-state index in [4.69, 9.17) is 14.2 Å². The van der Waals surface area contributed by atoms with Crippen molar-refractivity contribution in [1.82, 2.24) is 0 Å². The van der Waals surface area contributed by atoms with Crippen molar-refractivity contribution in [2.45, 2.75) is 6.61 Å². The summed E-state index contributed by atoms with van der Waals surface area (Å²) in [5.41, 5.74) is 1.24. The monoisotopic (exact) mass is 359 g/mol. The Kier molecular flexibility index (Phi) is 6.55. The number of carbonyl (C=O) groups is 1. The van der Waals surface area contributed by atoms with Crippen LogP contribution in [-0.4, -0.2) is 25.3 Å². The summed E-state index contributed by atoms with van der Waals surface area (Å²) < 4.78 is 15.5. The van der Waals surface area contributed by atoms with E-state index in [0.29, 0.717) is 17.1 Å².